The Bertz CT molecular complexity index is 621. The molecule has 1 aromatic rings. The summed E-state index contributed by atoms with van der Waals surface area (Å²) in [5.74, 6) is 0.869. The first kappa shape index (κ1) is 16.9. The van der Waals surface area contributed by atoms with E-state index in [1.54, 1.807) is 18.2 Å². The lowest BCUT2D eigenvalue weighted by Crippen LogP contribution is -2.37. The molecule has 124 valence electrons. The van der Waals surface area contributed by atoms with Gasteiger partial charge in [0.05, 0.1) is 0 Å². The van der Waals surface area contributed by atoms with E-state index in [2.05, 4.69) is 5.32 Å². The van der Waals surface area contributed by atoms with Gasteiger partial charge >= 0.3 is 0 Å². The molecule has 0 saturated carbocycles. The van der Waals surface area contributed by atoms with Crippen LogP contribution in [0.25, 0.3) is 0 Å². The van der Waals surface area contributed by atoms with Gasteiger partial charge in [0, 0.05) is 24.4 Å². The van der Waals surface area contributed by atoms with E-state index in [-0.39, 0.29) is 18.4 Å². The van der Waals surface area contributed by atoms with Crippen molar-refractivity contribution in [3.8, 4) is 11.5 Å². The molecule has 2 amide bonds. The number of nitrogens with one attached hydrogen (secondary N) is 1. The Morgan fingerprint density at radius 2 is 1.91 bits per heavy atom. The fraction of sp³-hybridized carbons (Fsp3) is 0.412. The molecular formula is C17H22N2O4. The van der Waals surface area contributed by atoms with E-state index in [1.807, 2.05) is 20.8 Å². The third-order valence-corrected chi connectivity index (χ3v) is 3.27. The first-order valence-corrected chi connectivity index (χ1v) is 7.63. The highest BCUT2D eigenvalue weighted by Gasteiger charge is 2.16. The Balaban J connectivity index is 1.98. The summed E-state index contributed by atoms with van der Waals surface area (Å²) in [6, 6.07) is 5.23. The van der Waals surface area contributed by atoms with Crippen LogP contribution in [0, 0.1) is 0 Å². The van der Waals surface area contributed by atoms with Crippen LogP contribution in [0.2, 0.25) is 0 Å². The molecule has 1 N–H and O–H groups in total. The van der Waals surface area contributed by atoms with Crippen molar-refractivity contribution >= 4 is 17.5 Å². The summed E-state index contributed by atoms with van der Waals surface area (Å²) in [7, 11) is 0. The van der Waals surface area contributed by atoms with Crippen LogP contribution < -0.4 is 14.8 Å². The number of benzene rings is 1. The second-order valence-electron chi connectivity index (χ2n) is 5.48. The van der Waals surface area contributed by atoms with Crippen LogP contribution in [0.3, 0.4) is 0 Å². The standard InChI is InChI=1S/C17H22N2O4/c1-4-19(17(21)9-12(2)3)11-16(20)18-13-5-6-14-15(10-13)23-8-7-22-14/h5-6,9-10H,4,7-8,11H2,1-3H3,(H,18,20). The van der Waals surface area contributed by atoms with Gasteiger partial charge in [0.15, 0.2) is 11.5 Å². The molecular weight excluding hydrogens is 296 g/mol. The number of likely N-dealkylation sites (N-methyl/N-ethyl adjacent to an activating group) is 1. The average Bonchev–Trinajstić information content (AvgIpc) is 2.51. The van der Waals surface area contributed by atoms with Crippen molar-refractivity contribution in [2.75, 3.05) is 31.6 Å². The van der Waals surface area contributed by atoms with Crippen LogP contribution in [0.15, 0.2) is 29.8 Å². The molecule has 23 heavy (non-hydrogen) atoms. The number of ether oxygens (including phenoxy) is 2. The summed E-state index contributed by atoms with van der Waals surface area (Å²) in [6.07, 6.45) is 1.53. The number of allylic oxidation sites excluding steroid dienone is 1. The lowest BCUT2D eigenvalue weighted by Gasteiger charge is -2.20. The SMILES string of the molecule is CCN(CC(=O)Nc1ccc2c(c1)OCCO2)C(=O)C=C(C)C. The molecule has 0 unspecified atom stereocenters. The van der Waals surface area contributed by atoms with Crippen LogP contribution in [0.5, 0.6) is 11.5 Å². The van der Waals surface area contributed by atoms with Gasteiger partial charge in [0.25, 0.3) is 0 Å². The molecule has 0 aromatic heterocycles. The van der Waals surface area contributed by atoms with Gasteiger partial charge in [-0.15, -0.1) is 0 Å². The van der Waals surface area contributed by atoms with Crippen molar-refractivity contribution in [3.63, 3.8) is 0 Å². The van der Waals surface area contributed by atoms with Gasteiger partial charge in [0.2, 0.25) is 11.8 Å². The average molecular weight is 318 g/mol. The first-order chi connectivity index (χ1) is 11.0. The molecule has 0 radical (unpaired) electrons. The summed E-state index contributed by atoms with van der Waals surface area (Å²) in [4.78, 5) is 25.6. The number of hydrogen-bond donors (Lipinski definition) is 1. The number of fused-ring (bicyclic) bond motifs is 1. The number of amides is 2. The minimum absolute atomic E-state index is 0.00750. The van der Waals surface area contributed by atoms with E-state index in [9.17, 15) is 9.59 Å². The fourth-order valence-electron chi connectivity index (χ4n) is 2.18. The second kappa shape index (κ2) is 7.67. The summed E-state index contributed by atoms with van der Waals surface area (Å²) in [6.45, 7) is 7.03. The summed E-state index contributed by atoms with van der Waals surface area (Å²) in [5.41, 5.74) is 1.52. The molecule has 1 aliphatic heterocycles. The second-order valence-corrected chi connectivity index (χ2v) is 5.48. The molecule has 6 heteroatoms. The van der Waals surface area contributed by atoms with Gasteiger partial charge in [-0.2, -0.15) is 0 Å². The highest BCUT2D eigenvalue weighted by atomic mass is 16.6. The number of carbonyl (C=O) groups excluding carboxylic acids is 2. The van der Waals surface area contributed by atoms with E-state index in [1.165, 1.54) is 11.0 Å². The predicted molar refractivity (Wildman–Crippen MR) is 87.7 cm³/mol. The monoisotopic (exact) mass is 318 g/mol. The van der Waals surface area contributed by atoms with Gasteiger partial charge in [-0.25, -0.2) is 0 Å². The van der Waals surface area contributed by atoms with Crippen LogP contribution in [0.4, 0.5) is 5.69 Å². The van der Waals surface area contributed by atoms with Crippen molar-refractivity contribution in [1.29, 1.82) is 0 Å². The molecule has 0 fully saturated rings. The molecule has 0 atom stereocenters. The molecule has 0 saturated heterocycles. The van der Waals surface area contributed by atoms with Crippen LogP contribution in [-0.4, -0.2) is 43.0 Å². The normalized spacial score (nSPS) is 12.3. The number of hydrogen-bond acceptors (Lipinski definition) is 4. The Hall–Kier alpha value is -2.50. The summed E-state index contributed by atoms with van der Waals surface area (Å²) in [5, 5.41) is 2.78. The lowest BCUT2D eigenvalue weighted by atomic mass is 10.2. The van der Waals surface area contributed by atoms with Gasteiger partial charge < -0.3 is 19.7 Å². The lowest BCUT2D eigenvalue weighted by molar-refractivity contribution is -0.130. The number of carbonyl (C=O) groups is 2. The number of anilines is 1. The molecule has 2 rings (SSSR count). The Kier molecular flexibility index (Phi) is 5.62. The van der Waals surface area contributed by atoms with Crippen molar-refractivity contribution in [2.24, 2.45) is 0 Å². The molecule has 1 aliphatic rings. The van der Waals surface area contributed by atoms with E-state index < -0.39 is 0 Å². The van der Waals surface area contributed by atoms with Crippen molar-refractivity contribution in [2.45, 2.75) is 20.8 Å². The number of rotatable bonds is 5. The zero-order chi connectivity index (χ0) is 16.8. The first-order valence-electron chi connectivity index (χ1n) is 7.63. The zero-order valence-corrected chi connectivity index (χ0v) is 13.7. The highest BCUT2D eigenvalue weighted by Crippen LogP contribution is 2.32. The molecule has 0 spiro atoms. The van der Waals surface area contributed by atoms with Gasteiger partial charge in [-0.3, -0.25) is 9.59 Å². The van der Waals surface area contributed by atoms with Gasteiger partial charge in [-0.1, -0.05) is 5.57 Å². The van der Waals surface area contributed by atoms with Crippen LogP contribution in [-0.2, 0) is 9.59 Å². The highest BCUT2D eigenvalue weighted by molar-refractivity contribution is 5.97. The predicted octanol–water partition coefficient (Wildman–Crippen LogP) is 2.21. The maximum absolute atomic E-state index is 12.1. The van der Waals surface area contributed by atoms with E-state index in [4.69, 9.17) is 9.47 Å². The van der Waals surface area contributed by atoms with E-state index in [0.29, 0.717) is 36.9 Å². The van der Waals surface area contributed by atoms with Crippen molar-refractivity contribution in [3.05, 3.63) is 29.8 Å². The van der Waals surface area contributed by atoms with E-state index in [0.717, 1.165) is 5.57 Å². The van der Waals surface area contributed by atoms with Crippen molar-refractivity contribution in [1.82, 2.24) is 4.90 Å². The molecule has 1 aromatic carbocycles. The Morgan fingerprint density at radius 3 is 2.57 bits per heavy atom. The van der Waals surface area contributed by atoms with Gasteiger partial charge in [-0.05, 0) is 32.9 Å². The molecule has 1 heterocycles. The third kappa shape index (κ3) is 4.74. The third-order valence-electron chi connectivity index (χ3n) is 3.27. The topological polar surface area (TPSA) is 67.9 Å². The number of nitrogens with zero attached hydrogens (tertiary/aromatic N) is 1. The Morgan fingerprint density at radius 1 is 1.22 bits per heavy atom. The quantitative estimate of drug-likeness (QED) is 0.845. The minimum Gasteiger partial charge on any atom is -0.486 e. The summed E-state index contributed by atoms with van der Waals surface area (Å²) < 4.78 is 10.9. The molecule has 0 aliphatic carbocycles. The summed E-state index contributed by atoms with van der Waals surface area (Å²) >= 11 is 0. The molecule has 6 nitrogen and oxygen atoms in total. The zero-order valence-electron chi connectivity index (χ0n) is 13.7. The van der Waals surface area contributed by atoms with Crippen molar-refractivity contribution < 1.29 is 19.1 Å². The van der Waals surface area contributed by atoms with E-state index >= 15 is 0 Å². The smallest absolute Gasteiger partial charge is 0.246 e. The largest absolute Gasteiger partial charge is 0.486 e. The van der Waals surface area contributed by atoms with Gasteiger partial charge in [0.1, 0.15) is 19.8 Å². The minimum atomic E-state index is -0.251. The Labute approximate surface area is 136 Å². The van der Waals surface area contributed by atoms with Crippen LogP contribution in [0.1, 0.15) is 20.8 Å². The maximum atomic E-state index is 12.1. The van der Waals surface area contributed by atoms with Crippen LogP contribution >= 0.6 is 0 Å². The maximum Gasteiger partial charge on any atom is 0.246 e. The fourth-order valence-corrected chi connectivity index (χ4v) is 2.18. The molecule has 0 bridgehead atoms.